The number of aryl methyl sites for hydroxylation is 1. The van der Waals surface area contributed by atoms with Gasteiger partial charge >= 0.3 is 0 Å². The predicted octanol–water partition coefficient (Wildman–Crippen LogP) is 1.90. The van der Waals surface area contributed by atoms with Gasteiger partial charge in [0.2, 0.25) is 17.7 Å². The fourth-order valence-corrected chi connectivity index (χ4v) is 5.57. The van der Waals surface area contributed by atoms with Crippen molar-refractivity contribution in [3.8, 4) is 0 Å². The maximum atomic E-state index is 14.1. The Bertz CT molecular complexity index is 1260. The highest BCUT2D eigenvalue weighted by Gasteiger charge is 2.35. The van der Waals surface area contributed by atoms with E-state index in [4.69, 9.17) is 28.0 Å². The summed E-state index contributed by atoms with van der Waals surface area (Å²) in [5.74, 6) is -2.19. The van der Waals surface area contributed by atoms with Crippen LogP contribution >= 0.6 is 0 Å². The van der Waals surface area contributed by atoms with Gasteiger partial charge in [-0.1, -0.05) is 67.8 Å². The number of nitrogen functional groups attached to an aromatic ring is 1. The second-order valence-corrected chi connectivity index (χ2v) is 11.1. The quantitative estimate of drug-likeness (QED) is 0.0954. The monoisotopic (exact) mass is 576 g/mol. The van der Waals surface area contributed by atoms with Gasteiger partial charge in [-0.05, 0) is 61.6 Å². The summed E-state index contributed by atoms with van der Waals surface area (Å²) in [5, 5.41) is 23.5. The molecule has 1 saturated carbocycles. The average Bonchev–Trinajstić information content (AvgIpc) is 2.96. The molecule has 3 rings (SSSR count). The normalized spacial score (nSPS) is 15.5. The minimum atomic E-state index is -0.916. The fourth-order valence-electron chi connectivity index (χ4n) is 5.57. The molecule has 0 aromatic heterocycles. The Balaban J connectivity index is 1.84. The van der Waals surface area contributed by atoms with Gasteiger partial charge in [-0.3, -0.25) is 25.2 Å². The molecule has 1 aliphatic carbocycles. The Morgan fingerprint density at radius 3 is 2.17 bits per heavy atom. The lowest BCUT2D eigenvalue weighted by atomic mass is 9.82. The zero-order valence-electron chi connectivity index (χ0n) is 24.2. The van der Waals surface area contributed by atoms with Crippen molar-refractivity contribution in [2.24, 2.45) is 23.1 Å². The molecule has 226 valence electrons. The lowest BCUT2D eigenvalue weighted by molar-refractivity contribution is -0.133. The van der Waals surface area contributed by atoms with E-state index in [1.54, 1.807) is 12.1 Å². The van der Waals surface area contributed by atoms with E-state index in [2.05, 4.69) is 16.0 Å². The van der Waals surface area contributed by atoms with Crippen LogP contribution in [0.5, 0.6) is 0 Å². The number of amides is 3. The third-order valence-corrected chi connectivity index (χ3v) is 7.93. The van der Waals surface area contributed by atoms with Crippen molar-refractivity contribution in [2.45, 2.75) is 76.3 Å². The first kappa shape index (κ1) is 32.1. The fraction of sp³-hybridized carbons (Fsp3) is 0.452. The SMILES string of the molecule is Cc1ccccc1[C@H](Cc1ccc(C(=N)N)cc1)C(=O)N[C@H](C(=O)N[C@@H](CCCNC(=N)N)C(N)=O)C1CCCCC1. The maximum Gasteiger partial charge on any atom is 0.243 e. The van der Waals surface area contributed by atoms with E-state index in [1.807, 2.05) is 43.3 Å². The molecular weight excluding hydrogens is 532 g/mol. The summed E-state index contributed by atoms with van der Waals surface area (Å²) in [6.07, 6.45) is 5.72. The third-order valence-electron chi connectivity index (χ3n) is 7.93. The van der Waals surface area contributed by atoms with Crippen molar-refractivity contribution in [2.75, 3.05) is 6.54 Å². The summed E-state index contributed by atoms with van der Waals surface area (Å²) in [6, 6.07) is 13.2. The van der Waals surface area contributed by atoms with Crippen LogP contribution in [0.2, 0.25) is 0 Å². The first-order valence-electron chi connectivity index (χ1n) is 14.5. The van der Waals surface area contributed by atoms with Gasteiger partial charge in [-0.25, -0.2) is 0 Å². The lowest BCUT2D eigenvalue weighted by Crippen LogP contribution is -2.56. The van der Waals surface area contributed by atoms with E-state index in [-0.39, 0.29) is 30.0 Å². The Hall–Kier alpha value is -4.41. The van der Waals surface area contributed by atoms with E-state index in [0.29, 0.717) is 24.9 Å². The van der Waals surface area contributed by atoms with Crippen molar-refractivity contribution in [3.63, 3.8) is 0 Å². The number of carbonyl (C=O) groups is 3. The van der Waals surface area contributed by atoms with Crippen molar-refractivity contribution in [3.05, 3.63) is 70.8 Å². The molecule has 42 heavy (non-hydrogen) atoms. The number of carbonyl (C=O) groups excluding carboxylic acids is 3. The van der Waals surface area contributed by atoms with Gasteiger partial charge in [0.1, 0.15) is 17.9 Å². The highest BCUT2D eigenvalue weighted by atomic mass is 16.2. The number of nitrogens with two attached hydrogens (primary N) is 3. The summed E-state index contributed by atoms with van der Waals surface area (Å²) in [4.78, 5) is 39.9. The molecule has 2 aromatic carbocycles. The molecule has 2 aromatic rings. The van der Waals surface area contributed by atoms with Gasteiger partial charge in [0.15, 0.2) is 5.96 Å². The predicted molar refractivity (Wildman–Crippen MR) is 164 cm³/mol. The van der Waals surface area contributed by atoms with Crippen molar-refractivity contribution in [1.29, 1.82) is 10.8 Å². The molecule has 0 radical (unpaired) electrons. The van der Waals surface area contributed by atoms with Gasteiger partial charge in [0.05, 0.1) is 5.92 Å². The molecule has 0 bridgehead atoms. The number of hydrogen-bond acceptors (Lipinski definition) is 5. The van der Waals surface area contributed by atoms with Crippen LogP contribution in [-0.4, -0.2) is 48.1 Å². The molecule has 0 aliphatic heterocycles. The number of hydrogen-bond donors (Lipinski definition) is 8. The summed E-state index contributed by atoms with van der Waals surface area (Å²) in [5.41, 5.74) is 19.9. The molecular formula is C31H44N8O3. The molecule has 0 spiro atoms. The average molecular weight is 577 g/mol. The van der Waals surface area contributed by atoms with Crippen LogP contribution in [0.15, 0.2) is 48.5 Å². The van der Waals surface area contributed by atoms with Crippen molar-refractivity contribution >= 4 is 29.5 Å². The van der Waals surface area contributed by atoms with Crippen molar-refractivity contribution < 1.29 is 14.4 Å². The zero-order valence-corrected chi connectivity index (χ0v) is 24.2. The summed E-state index contributed by atoms with van der Waals surface area (Å²) in [7, 11) is 0. The second-order valence-electron chi connectivity index (χ2n) is 11.1. The molecule has 0 unspecified atom stereocenters. The van der Waals surface area contributed by atoms with Crippen LogP contribution in [0, 0.1) is 23.7 Å². The first-order valence-corrected chi connectivity index (χ1v) is 14.5. The Kier molecular flexibility index (Phi) is 11.9. The molecule has 11 N–H and O–H groups in total. The summed E-state index contributed by atoms with van der Waals surface area (Å²) < 4.78 is 0. The molecule has 1 fully saturated rings. The number of amidine groups is 1. The molecule has 3 amide bonds. The van der Waals surface area contributed by atoms with E-state index < -0.39 is 29.8 Å². The van der Waals surface area contributed by atoms with Gasteiger partial charge in [0.25, 0.3) is 0 Å². The topological polar surface area (TPSA) is 213 Å². The Morgan fingerprint density at radius 2 is 1.57 bits per heavy atom. The van der Waals surface area contributed by atoms with Crippen LogP contribution < -0.4 is 33.2 Å². The minimum Gasteiger partial charge on any atom is -0.384 e. The van der Waals surface area contributed by atoms with Crippen LogP contribution in [-0.2, 0) is 20.8 Å². The highest BCUT2D eigenvalue weighted by molar-refractivity contribution is 5.95. The number of rotatable bonds is 14. The molecule has 1 aliphatic rings. The second kappa shape index (κ2) is 15.6. The molecule has 0 heterocycles. The highest BCUT2D eigenvalue weighted by Crippen LogP contribution is 2.29. The smallest absolute Gasteiger partial charge is 0.243 e. The number of benzene rings is 2. The Labute approximate surface area is 247 Å². The molecule has 0 saturated heterocycles. The van der Waals surface area contributed by atoms with Crippen LogP contribution in [0.25, 0.3) is 0 Å². The standard InChI is InChI=1S/C31H44N8O3/c1-19-8-5-6-11-23(19)24(18-20-13-15-22(16-14-20)27(32)33)29(41)39-26(21-9-3-2-4-10-21)30(42)38-25(28(34)40)12-7-17-37-31(35)36/h5-6,8,11,13-16,21,24-26H,2-4,7,9-10,12,17-18H2,1H3,(H3,32,33)(H2,34,40)(H,38,42)(H,39,41)(H4,35,36,37)/t24-,25-,26-/m0/s1. The van der Waals surface area contributed by atoms with Crippen LogP contribution in [0.4, 0.5) is 0 Å². The number of nitrogens with one attached hydrogen (secondary N) is 5. The molecule has 3 atom stereocenters. The lowest BCUT2D eigenvalue weighted by Gasteiger charge is -2.32. The van der Waals surface area contributed by atoms with E-state index in [9.17, 15) is 14.4 Å². The molecule has 11 nitrogen and oxygen atoms in total. The maximum absolute atomic E-state index is 14.1. The van der Waals surface area contributed by atoms with Gasteiger partial charge in [-0.15, -0.1) is 0 Å². The first-order chi connectivity index (χ1) is 20.1. The van der Waals surface area contributed by atoms with Gasteiger partial charge < -0.3 is 33.2 Å². The summed E-state index contributed by atoms with van der Waals surface area (Å²) in [6.45, 7) is 2.32. The number of guanidine groups is 1. The minimum absolute atomic E-state index is 0.0273. The summed E-state index contributed by atoms with van der Waals surface area (Å²) >= 11 is 0. The largest absolute Gasteiger partial charge is 0.384 e. The zero-order chi connectivity index (χ0) is 30.6. The number of primary amides is 1. The Morgan fingerprint density at radius 1 is 0.905 bits per heavy atom. The van der Waals surface area contributed by atoms with E-state index >= 15 is 0 Å². The van der Waals surface area contributed by atoms with E-state index in [0.717, 1.165) is 48.8 Å². The van der Waals surface area contributed by atoms with Crippen LogP contribution in [0.1, 0.15) is 73.1 Å². The molecule has 11 heteroatoms. The van der Waals surface area contributed by atoms with Crippen LogP contribution in [0.3, 0.4) is 0 Å². The van der Waals surface area contributed by atoms with Gasteiger partial charge in [-0.2, -0.15) is 0 Å². The van der Waals surface area contributed by atoms with E-state index in [1.165, 1.54) is 0 Å². The third kappa shape index (κ3) is 9.32. The van der Waals surface area contributed by atoms with Gasteiger partial charge in [0, 0.05) is 12.1 Å². The van der Waals surface area contributed by atoms with Crippen molar-refractivity contribution in [1.82, 2.24) is 16.0 Å².